The number of hydrogen-bond donors (Lipinski definition) is 2. The van der Waals surface area contributed by atoms with Gasteiger partial charge in [0.25, 0.3) is 6.29 Å². The van der Waals surface area contributed by atoms with Gasteiger partial charge in [-0.3, -0.25) is 0 Å². The molecule has 0 fully saturated rings. The Morgan fingerprint density at radius 2 is 2.12 bits per heavy atom. The zero-order chi connectivity index (χ0) is 5.86. The molecule has 1 unspecified atom stereocenters. The van der Waals surface area contributed by atoms with E-state index in [4.69, 9.17) is 10.2 Å². The molecule has 2 N–H and O–H groups in total. The van der Waals surface area contributed by atoms with Crippen LogP contribution < -0.4 is 0 Å². The van der Waals surface area contributed by atoms with Gasteiger partial charge in [0.05, 0.1) is 0 Å². The summed E-state index contributed by atoms with van der Waals surface area (Å²) in [4.78, 5) is 9.56. The van der Waals surface area contributed by atoms with E-state index in [1.165, 1.54) is 0 Å². The number of methoxy groups -OCH3 is 1. The summed E-state index contributed by atoms with van der Waals surface area (Å²) in [5.41, 5.74) is 0. The standard InChI is InChI=1S/C3H6O4.Ca.2H/c1-7-3(6)2(4)5;;;/h3,6H,1H3,(H,4,5);;;. The minimum atomic E-state index is -1.68. The summed E-state index contributed by atoms with van der Waals surface area (Å²) in [5.74, 6) is -1.37. The molecule has 0 aliphatic heterocycles. The SMILES string of the molecule is COC(O)C(=O)O.[CaH2]. The average Bonchev–Trinajstić information content (AvgIpc) is 1.65. The van der Waals surface area contributed by atoms with E-state index in [1.807, 2.05) is 0 Å². The van der Waals surface area contributed by atoms with E-state index in [-0.39, 0.29) is 37.7 Å². The van der Waals surface area contributed by atoms with Gasteiger partial charge in [0.1, 0.15) is 0 Å². The van der Waals surface area contributed by atoms with Crippen molar-refractivity contribution < 1.29 is 19.7 Å². The van der Waals surface area contributed by atoms with Crippen LogP contribution in [0.1, 0.15) is 0 Å². The van der Waals surface area contributed by atoms with E-state index in [1.54, 1.807) is 0 Å². The molecule has 0 saturated heterocycles. The van der Waals surface area contributed by atoms with Crippen molar-refractivity contribution in [1.82, 2.24) is 0 Å². The number of aliphatic carboxylic acids is 1. The Bertz CT molecular complexity index is 73.7. The second-order valence-corrected chi connectivity index (χ2v) is 0.926. The Morgan fingerprint density at radius 1 is 1.75 bits per heavy atom. The van der Waals surface area contributed by atoms with E-state index in [0.29, 0.717) is 0 Å². The number of hydrogen-bond acceptors (Lipinski definition) is 3. The molecule has 0 aliphatic rings. The Labute approximate surface area is 76.4 Å². The molecule has 0 bridgehead atoms. The molecule has 0 spiro atoms. The van der Waals surface area contributed by atoms with E-state index in [2.05, 4.69) is 4.74 Å². The number of ether oxygens (including phenoxy) is 1. The first kappa shape index (κ1) is 11.4. The number of carboxylic acids is 1. The summed E-state index contributed by atoms with van der Waals surface area (Å²) < 4.78 is 3.97. The summed E-state index contributed by atoms with van der Waals surface area (Å²) in [6, 6.07) is 0. The van der Waals surface area contributed by atoms with Gasteiger partial charge in [-0.25, -0.2) is 4.79 Å². The molecule has 4 nitrogen and oxygen atoms in total. The van der Waals surface area contributed by atoms with Crippen LogP contribution in [0.4, 0.5) is 0 Å². The molecule has 0 heterocycles. The second kappa shape index (κ2) is 5.78. The average molecular weight is 148 g/mol. The molecule has 0 aromatic carbocycles. The monoisotopic (exact) mass is 148 g/mol. The number of rotatable bonds is 2. The molecule has 0 aliphatic carbocycles. The number of aliphatic hydroxyl groups excluding tert-OH is 1. The summed E-state index contributed by atoms with van der Waals surface area (Å²) in [5, 5.41) is 15.9. The van der Waals surface area contributed by atoms with Crippen molar-refractivity contribution in [3.05, 3.63) is 0 Å². The maximum atomic E-state index is 9.56. The Balaban J connectivity index is 0. The Kier molecular flexibility index (Phi) is 8.27. The summed E-state index contributed by atoms with van der Waals surface area (Å²) in [6.45, 7) is 0. The quantitative estimate of drug-likeness (QED) is 0.355. The van der Waals surface area contributed by atoms with Crippen molar-refractivity contribution in [1.29, 1.82) is 0 Å². The van der Waals surface area contributed by atoms with Gasteiger partial charge in [0, 0.05) is 7.11 Å². The normalized spacial score (nSPS) is 11.8. The second-order valence-electron chi connectivity index (χ2n) is 0.926. The fourth-order valence-corrected chi connectivity index (χ4v) is 0.101. The summed E-state index contributed by atoms with van der Waals surface area (Å²) in [6.07, 6.45) is -1.68. The summed E-state index contributed by atoms with van der Waals surface area (Å²) >= 11 is 0. The molecule has 0 aromatic heterocycles. The van der Waals surface area contributed by atoms with Crippen LogP contribution in [0, 0.1) is 0 Å². The fourth-order valence-electron chi connectivity index (χ4n) is 0.101. The van der Waals surface area contributed by atoms with Gasteiger partial charge in [0.2, 0.25) is 0 Å². The predicted molar refractivity (Wildman–Crippen MR) is 29.2 cm³/mol. The van der Waals surface area contributed by atoms with Gasteiger partial charge < -0.3 is 14.9 Å². The molecular weight excluding hydrogens is 140 g/mol. The molecule has 1 atom stereocenters. The van der Waals surface area contributed by atoms with Crippen LogP contribution in [-0.2, 0) is 9.53 Å². The van der Waals surface area contributed by atoms with Gasteiger partial charge in [0.15, 0.2) is 0 Å². The van der Waals surface area contributed by atoms with Crippen LogP contribution >= 0.6 is 0 Å². The van der Waals surface area contributed by atoms with Crippen LogP contribution in [0.2, 0.25) is 0 Å². The Morgan fingerprint density at radius 3 is 2.12 bits per heavy atom. The van der Waals surface area contributed by atoms with Crippen molar-refractivity contribution in [2.24, 2.45) is 0 Å². The molecule has 0 amide bonds. The van der Waals surface area contributed by atoms with Crippen LogP contribution in [0.5, 0.6) is 0 Å². The van der Waals surface area contributed by atoms with Crippen LogP contribution in [0.15, 0.2) is 0 Å². The van der Waals surface area contributed by atoms with Crippen LogP contribution in [0.3, 0.4) is 0 Å². The first-order valence-electron chi connectivity index (χ1n) is 1.62. The van der Waals surface area contributed by atoms with Crippen LogP contribution in [-0.4, -0.2) is 67.3 Å². The van der Waals surface area contributed by atoms with E-state index in [0.717, 1.165) is 7.11 Å². The summed E-state index contributed by atoms with van der Waals surface area (Å²) in [7, 11) is 1.11. The third kappa shape index (κ3) is 4.80. The van der Waals surface area contributed by atoms with Gasteiger partial charge in [-0.2, -0.15) is 0 Å². The first-order valence-corrected chi connectivity index (χ1v) is 1.62. The van der Waals surface area contributed by atoms with Crippen molar-refractivity contribution in [3.8, 4) is 0 Å². The molecule has 46 valence electrons. The first-order chi connectivity index (χ1) is 3.18. The number of carboxylic acid groups (broad SMARTS) is 1. The minimum absolute atomic E-state index is 0. The van der Waals surface area contributed by atoms with Gasteiger partial charge in [-0.15, -0.1) is 0 Å². The van der Waals surface area contributed by atoms with Crippen LogP contribution in [0.25, 0.3) is 0 Å². The van der Waals surface area contributed by atoms with Crippen molar-refractivity contribution in [2.75, 3.05) is 7.11 Å². The van der Waals surface area contributed by atoms with E-state index >= 15 is 0 Å². The predicted octanol–water partition coefficient (Wildman–Crippen LogP) is -1.88. The molecule has 8 heavy (non-hydrogen) atoms. The third-order valence-corrected chi connectivity index (χ3v) is 0.435. The topological polar surface area (TPSA) is 66.8 Å². The third-order valence-electron chi connectivity index (χ3n) is 0.435. The molecule has 0 rings (SSSR count). The molecular formula is C3H8CaO4. The van der Waals surface area contributed by atoms with Gasteiger partial charge >= 0.3 is 43.7 Å². The van der Waals surface area contributed by atoms with Crippen molar-refractivity contribution in [3.63, 3.8) is 0 Å². The van der Waals surface area contributed by atoms with Crippen molar-refractivity contribution in [2.45, 2.75) is 6.29 Å². The number of carbonyl (C=O) groups is 1. The molecule has 0 saturated carbocycles. The molecule has 0 aromatic rings. The zero-order valence-electron chi connectivity index (χ0n) is 3.79. The van der Waals surface area contributed by atoms with Crippen molar-refractivity contribution >= 4 is 43.7 Å². The number of aliphatic hydroxyl groups is 1. The van der Waals surface area contributed by atoms with Gasteiger partial charge in [-0.05, 0) is 0 Å². The fraction of sp³-hybridized carbons (Fsp3) is 0.667. The van der Waals surface area contributed by atoms with E-state index < -0.39 is 12.3 Å². The van der Waals surface area contributed by atoms with Gasteiger partial charge in [-0.1, -0.05) is 0 Å². The molecule has 5 heteroatoms. The zero-order valence-corrected chi connectivity index (χ0v) is 3.79. The maximum absolute atomic E-state index is 9.56. The molecule has 0 radical (unpaired) electrons. The Hall–Kier alpha value is 0.650. The van der Waals surface area contributed by atoms with E-state index in [9.17, 15) is 4.79 Å².